The molecule has 1 aliphatic rings. The minimum absolute atomic E-state index is 0.0539. The first-order chi connectivity index (χ1) is 17.8. The predicted molar refractivity (Wildman–Crippen MR) is 145 cm³/mol. The average Bonchev–Trinajstić information content (AvgIpc) is 3.58. The van der Waals surface area contributed by atoms with Gasteiger partial charge in [-0.3, -0.25) is 9.69 Å². The summed E-state index contributed by atoms with van der Waals surface area (Å²) in [5.74, 6) is -0.121. The molecule has 1 N–H and O–H groups in total. The Morgan fingerprint density at radius 1 is 1.03 bits per heavy atom. The van der Waals surface area contributed by atoms with E-state index in [1.807, 2.05) is 43.5 Å². The van der Waals surface area contributed by atoms with Crippen molar-refractivity contribution < 1.29 is 4.79 Å². The van der Waals surface area contributed by atoms with Gasteiger partial charge < -0.3 is 5.32 Å². The smallest absolute Gasteiger partial charge is 0.255 e. The Balaban J connectivity index is 1.40. The van der Waals surface area contributed by atoms with Gasteiger partial charge in [0.15, 0.2) is 0 Å². The summed E-state index contributed by atoms with van der Waals surface area (Å²) in [4.78, 5) is 24.0. The van der Waals surface area contributed by atoms with Gasteiger partial charge in [0.1, 0.15) is 12.0 Å². The highest BCUT2D eigenvalue weighted by atomic mass is 16.1. The molecule has 1 amide bonds. The second kappa shape index (κ2) is 10.2. The van der Waals surface area contributed by atoms with Gasteiger partial charge in [-0.25, -0.2) is 14.6 Å². The Labute approximate surface area is 217 Å². The summed E-state index contributed by atoms with van der Waals surface area (Å²) < 4.78 is 1.71. The number of nitrogens with one attached hydrogen (secondary N) is 1. The van der Waals surface area contributed by atoms with Gasteiger partial charge in [0.05, 0.1) is 11.9 Å². The lowest BCUT2D eigenvalue weighted by atomic mass is 9.85. The van der Waals surface area contributed by atoms with Crippen molar-refractivity contribution in [1.82, 2.24) is 29.9 Å². The summed E-state index contributed by atoms with van der Waals surface area (Å²) in [6.45, 7) is 11.7. The van der Waals surface area contributed by atoms with Crippen molar-refractivity contribution in [3.05, 3.63) is 83.6 Å². The van der Waals surface area contributed by atoms with Crippen LogP contribution in [-0.4, -0.2) is 48.9 Å². The average molecular weight is 496 g/mol. The molecule has 5 rings (SSSR count). The van der Waals surface area contributed by atoms with E-state index in [0.717, 1.165) is 36.4 Å². The highest BCUT2D eigenvalue weighted by molar-refractivity contribution is 6.04. The van der Waals surface area contributed by atoms with Gasteiger partial charge in [-0.1, -0.05) is 38.1 Å². The first kappa shape index (κ1) is 24.8. The van der Waals surface area contributed by atoms with E-state index in [9.17, 15) is 4.79 Å². The van der Waals surface area contributed by atoms with Gasteiger partial charge in [-0.2, -0.15) is 0 Å². The summed E-state index contributed by atoms with van der Waals surface area (Å²) in [6, 6.07) is 12.1. The molecule has 0 radical (unpaired) electrons. The van der Waals surface area contributed by atoms with Crippen LogP contribution in [0.25, 0.3) is 16.9 Å². The number of hydrogen-bond donors (Lipinski definition) is 1. The molecular formula is C29H33N7O. The molecule has 2 aromatic carbocycles. The lowest BCUT2D eigenvalue weighted by molar-refractivity contribution is 0.102. The zero-order chi connectivity index (χ0) is 26.0. The van der Waals surface area contributed by atoms with Crippen LogP contribution in [0.5, 0.6) is 0 Å². The molecule has 8 nitrogen and oxygen atoms in total. The van der Waals surface area contributed by atoms with Crippen LogP contribution in [0.2, 0.25) is 0 Å². The predicted octanol–water partition coefficient (Wildman–Crippen LogP) is 5.18. The fourth-order valence-electron chi connectivity index (χ4n) is 4.63. The van der Waals surface area contributed by atoms with Crippen LogP contribution in [0.15, 0.2) is 61.3 Å². The molecule has 0 aliphatic carbocycles. The molecule has 3 heterocycles. The molecule has 2 aromatic heterocycles. The van der Waals surface area contributed by atoms with Crippen LogP contribution in [0, 0.1) is 6.92 Å². The van der Waals surface area contributed by atoms with Crippen LogP contribution in [0.4, 0.5) is 5.69 Å². The number of amides is 1. The maximum atomic E-state index is 13.4. The number of aryl methyl sites for hydroxylation is 1. The topological polar surface area (TPSA) is 88.8 Å². The van der Waals surface area contributed by atoms with Crippen molar-refractivity contribution in [2.45, 2.75) is 52.5 Å². The molecule has 37 heavy (non-hydrogen) atoms. The van der Waals surface area contributed by atoms with Crippen molar-refractivity contribution in [1.29, 1.82) is 0 Å². The number of hydrogen-bond acceptors (Lipinski definition) is 6. The number of aromatic nitrogens is 5. The van der Waals surface area contributed by atoms with Gasteiger partial charge in [0.25, 0.3) is 5.91 Å². The number of benzene rings is 2. The normalized spacial score (nSPS) is 14.2. The van der Waals surface area contributed by atoms with E-state index in [1.54, 1.807) is 17.1 Å². The van der Waals surface area contributed by atoms with Crippen LogP contribution < -0.4 is 5.32 Å². The van der Waals surface area contributed by atoms with Crippen molar-refractivity contribution >= 4 is 11.6 Å². The molecule has 0 spiro atoms. The Bertz CT molecular complexity index is 1400. The van der Waals surface area contributed by atoms with E-state index < -0.39 is 0 Å². The number of rotatable bonds is 6. The Hall–Kier alpha value is -3.91. The zero-order valence-electron chi connectivity index (χ0n) is 21.9. The Kier molecular flexibility index (Phi) is 6.84. The summed E-state index contributed by atoms with van der Waals surface area (Å²) in [6.07, 6.45) is 9.22. The minimum atomic E-state index is -0.121. The quantitative estimate of drug-likeness (QED) is 0.397. The molecule has 8 heteroatoms. The lowest BCUT2D eigenvalue weighted by Gasteiger charge is -2.23. The second-order valence-corrected chi connectivity index (χ2v) is 10.8. The van der Waals surface area contributed by atoms with Crippen molar-refractivity contribution in [2.75, 3.05) is 18.4 Å². The van der Waals surface area contributed by atoms with Crippen LogP contribution in [0.1, 0.15) is 60.7 Å². The largest absolute Gasteiger partial charge is 0.322 e. The number of carbonyl (C=O) groups excluding carboxylic acids is 1. The van der Waals surface area contributed by atoms with Crippen molar-refractivity contribution in [2.24, 2.45) is 0 Å². The van der Waals surface area contributed by atoms with E-state index >= 15 is 0 Å². The second-order valence-electron chi connectivity index (χ2n) is 10.8. The first-order valence-electron chi connectivity index (χ1n) is 12.7. The summed E-state index contributed by atoms with van der Waals surface area (Å²) in [5, 5.41) is 11.7. The lowest BCUT2D eigenvalue weighted by Crippen LogP contribution is -2.21. The van der Waals surface area contributed by atoms with Crippen molar-refractivity contribution in [3.63, 3.8) is 0 Å². The third kappa shape index (κ3) is 5.75. The molecule has 4 aromatic rings. The standard InChI is InChI=1S/C29H33N7O/c1-20-7-8-25(14-27(20)36-18-26(33-34-36)23-15-30-19-31-16-23)32-28(37)22-11-21(17-35-9-5-6-10-35)12-24(13-22)29(2,3)4/h7-8,11-16,18-19H,5-6,9-10,17H2,1-4H3,(H,32,37). The van der Waals surface area contributed by atoms with Gasteiger partial charge in [-0.05, 0) is 79.2 Å². The summed E-state index contributed by atoms with van der Waals surface area (Å²) in [7, 11) is 0. The molecule has 1 aliphatic heterocycles. The maximum absolute atomic E-state index is 13.4. The molecule has 0 bridgehead atoms. The molecule has 1 saturated heterocycles. The maximum Gasteiger partial charge on any atom is 0.255 e. The van der Waals surface area contributed by atoms with Gasteiger partial charge >= 0.3 is 0 Å². The van der Waals surface area contributed by atoms with E-state index in [4.69, 9.17) is 0 Å². The van der Waals surface area contributed by atoms with Gasteiger partial charge in [-0.15, -0.1) is 5.10 Å². The third-order valence-electron chi connectivity index (χ3n) is 6.79. The SMILES string of the molecule is Cc1ccc(NC(=O)c2cc(CN3CCCC3)cc(C(C)(C)C)c2)cc1-n1cc(-c2cncnc2)nn1. The highest BCUT2D eigenvalue weighted by Crippen LogP contribution is 2.27. The Morgan fingerprint density at radius 3 is 2.51 bits per heavy atom. The third-order valence-corrected chi connectivity index (χ3v) is 6.79. The zero-order valence-corrected chi connectivity index (χ0v) is 21.9. The molecule has 1 fully saturated rings. The van der Waals surface area contributed by atoms with Crippen LogP contribution in [-0.2, 0) is 12.0 Å². The van der Waals surface area contributed by atoms with E-state index in [0.29, 0.717) is 16.9 Å². The van der Waals surface area contributed by atoms with E-state index in [2.05, 4.69) is 57.3 Å². The van der Waals surface area contributed by atoms with Gasteiger partial charge in [0.2, 0.25) is 0 Å². The van der Waals surface area contributed by atoms with Crippen molar-refractivity contribution in [3.8, 4) is 16.9 Å². The monoisotopic (exact) mass is 495 g/mol. The summed E-state index contributed by atoms with van der Waals surface area (Å²) in [5.41, 5.74) is 7.00. The molecule has 0 unspecified atom stereocenters. The molecule has 190 valence electrons. The van der Waals surface area contributed by atoms with E-state index in [-0.39, 0.29) is 11.3 Å². The fraction of sp³-hybridized carbons (Fsp3) is 0.345. The Morgan fingerprint density at radius 2 is 1.78 bits per heavy atom. The fourth-order valence-corrected chi connectivity index (χ4v) is 4.63. The highest BCUT2D eigenvalue weighted by Gasteiger charge is 2.20. The first-order valence-corrected chi connectivity index (χ1v) is 12.7. The minimum Gasteiger partial charge on any atom is -0.322 e. The number of carbonyl (C=O) groups is 1. The van der Waals surface area contributed by atoms with Gasteiger partial charge in [0, 0.05) is 35.8 Å². The molecule has 0 atom stereocenters. The number of likely N-dealkylation sites (tertiary alicyclic amines) is 1. The molecule has 0 saturated carbocycles. The van der Waals surface area contributed by atoms with Crippen LogP contribution >= 0.6 is 0 Å². The summed E-state index contributed by atoms with van der Waals surface area (Å²) >= 11 is 0. The van der Waals surface area contributed by atoms with Crippen LogP contribution in [0.3, 0.4) is 0 Å². The molecular weight excluding hydrogens is 462 g/mol. The number of anilines is 1. The van der Waals surface area contributed by atoms with E-state index in [1.165, 1.54) is 30.3 Å². The number of nitrogens with zero attached hydrogens (tertiary/aromatic N) is 6.